The third-order valence-corrected chi connectivity index (χ3v) is 8.03. The van der Waals surface area contributed by atoms with E-state index in [4.69, 9.17) is 19.6 Å². The van der Waals surface area contributed by atoms with E-state index in [0.717, 1.165) is 28.1 Å². The largest absolute Gasteiger partial charge is 0.497 e. The molecule has 0 fully saturated rings. The summed E-state index contributed by atoms with van der Waals surface area (Å²) < 4.78 is 14.6. The molecule has 1 aliphatic rings. The molecule has 42 heavy (non-hydrogen) atoms. The second kappa shape index (κ2) is 11.5. The third kappa shape index (κ3) is 4.99. The van der Waals surface area contributed by atoms with Crippen molar-refractivity contribution in [3.8, 4) is 22.7 Å². The van der Waals surface area contributed by atoms with Crippen LogP contribution in [-0.2, 0) is 9.53 Å². The molecule has 0 amide bonds. The minimum Gasteiger partial charge on any atom is -0.497 e. The molecule has 2 aromatic heterocycles. The van der Waals surface area contributed by atoms with E-state index in [1.807, 2.05) is 102 Å². The zero-order valence-corrected chi connectivity index (χ0v) is 24.2. The number of hydrogen-bond acceptors (Lipinski definition) is 7. The van der Waals surface area contributed by atoms with E-state index >= 15 is 0 Å². The van der Waals surface area contributed by atoms with Gasteiger partial charge in [0.25, 0.3) is 5.56 Å². The second-order valence-corrected chi connectivity index (χ2v) is 10.7. The maximum atomic E-state index is 14.1. The molecule has 6 rings (SSSR count). The molecule has 0 spiro atoms. The van der Waals surface area contributed by atoms with Gasteiger partial charge in [0, 0.05) is 17.3 Å². The van der Waals surface area contributed by atoms with E-state index < -0.39 is 12.0 Å². The third-order valence-electron chi connectivity index (χ3n) is 7.05. The average Bonchev–Trinajstić information content (AvgIpc) is 3.58. The Morgan fingerprint density at radius 3 is 2.36 bits per heavy atom. The van der Waals surface area contributed by atoms with E-state index in [-0.39, 0.29) is 12.2 Å². The molecular formula is C33H28N4O4S. The lowest BCUT2D eigenvalue weighted by Crippen LogP contribution is -2.39. The van der Waals surface area contributed by atoms with Gasteiger partial charge in [-0.05, 0) is 49.8 Å². The summed E-state index contributed by atoms with van der Waals surface area (Å²) >= 11 is 1.28. The van der Waals surface area contributed by atoms with Crippen molar-refractivity contribution >= 4 is 23.4 Å². The molecular weight excluding hydrogens is 548 g/mol. The van der Waals surface area contributed by atoms with Gasteiger partial charge in [0.15, 0.2) is 4.80 Å². The number of aromatic nitrogens is 3. The highest BCUT2D eigenvalue weighted by atomic mass is 32.1. The number of allylic oxidation sites excluding steroid dienone is 1. The second-order valence-electron chi connectivity index (χ2n) is 9.65. The van der Waals surface area contributed by atoms with Gasteiger partial charge >= 0.3 is 5.97 Å². The van der Waals surface area contributed by atoms with Crippen molar-refractivity contribution in [2.75, 3.05) is 13.7 Å². The lowest BCUT2D eigenvalue weighted by molar-refractivity contribution is -0.139. The summed E-state index contributed by atoms with van der Waals surface area (Å²) in [6, 6.07) is 26.3. The lowest BCUT2D eigenvalue weighted by Gasteiger charge is -2.24. The van der Waals surface area contributed by atoms with Crippen LogP contribution in [0.15, 0.2) is 112 Å². The molecule has 1 aliphatic heterocycles. The summed E-state index contributed by atoms with van der Waals surface area (Å²) in [6.07, 6.45) is 3.78. The van der Waals surface area contributed by atoms with Crippen LogP contribution in [0, 0.1) is 0 Å². The number of rotatable bonds is 7. The molecule has 9 heteroatoms. The number of para-hydroxylation sites is 1. The van der Waals surface area contributed by atoms with Gasteiger partial charge in [-0.25, -0.2) is 14.5 Å². The van der Waals surface area contributed by atoms with Crippen LogP contribution in [0.1, 0.15) is 31.0 Å². The Hall–Kier alpha value is -5.02. The van der Waals surface area contributed by atoms with Crippen molar-refractivity contribution in [2.45, 2.75) is 19.9 Å². The molecule has 8 nitrogen and oxygen atoms in total. The molecule has 0 bridgehead atoms. The monoisotopic (exact) mass is 576 g/mol. The first-order valence-electron chi connectivity index (χ1n) is 13.5. The molecule has 0 unspecified atom stereocenters. The maximum Gasteiger partial charge on any atom is 0.338 e. The Labute approximate surface area is 246 Å². The van der Waals surface area contributed by atoms with Crippen LogP contribution >= 0.6 is 11.3 Å². The number of methoxy groups -OCH3 is 1. The first-order chi connectivity index (χ1) is 20.5. The standard InChI is InChI=1S/C33H28N4O4S/c1-4-41-32(39)28-21(2)34-33-37(30(28)23-15-17-26(40-3)18-16-23)31(38)27(42-33)19-24-20-36(25-13-9-6-10-14-25)35-29(24)22-11-7-5-8-12-22/h5-20,30H,4H2,1-3H3/b27-19-/t30-/m0/s1. The Morgan fingerprint density at radius 2 is 1.69 bits per heavy atom. The van der Waals surface area contributed by atoms with Gasteiger partial charge in [-0.15, -0.1) is 0 Å². The fourth-order valence-electron chi connectivity index (χ4n) is 5.06. The highest BCUT2D eigenvalue weighted by molar-refractivity contribution is 7.07. The summed E-state index contributed by atoms with van der Waals surface area (Å²) in [5.74, 6) is 0.178. The zero-order chi connectivity index (χ0) is 29.2. The molecule has 0 saturated carbocycles. The molecule has 0 radical (unpaired) electrons. The Balaban J connectivity index is 1.55. The topological polar surface area (TPSA) is 87.7 Å². The van der Waals surface area contributed by atoms with Gasteiger partial charge in [0.1, 0.15) is 5.75 Å². The zero-order valence-electron chi connectivity index (χ0n) is 23.4. The lowest BCUT2D eigenvalue weighted by atomic mass is 9.96. The summed E-state index contributed by atoms with van der Waals surface area (Å²) in [4.78, 5) is 32.5. The maximum absolute atomic E-state index is 14.1. The van der Waals surface area contributed by atoms with E-state index in [1.165, 1.54) is 11.3 Å². The predicted molar refractivity (Wildman–Crippen MR) is 162 cm³/mol. The van der Waals surface area contributed by atoms with Crippen molar-refractivity contribution in [3.05, 3.63) is 133 Å². The number of ether oxygens (including phenoxy) is 2. The first-order valence-corrected chi connectivity index (χ1v) is 14.3. The molecule has 5 aromatic rings. The minimum absolute atomic E-state index is 0.211. The molecule has 0 N–H and O–H groups in total. The molecule has 3 heterocycles. The number of benzene rings is 3. The Bertz CT molecular complexity index is 1970. The van der Waals surface area contributed by atoms with Gasteiger partial charge in [0.2, 0.25) is 0 Å². The summed E-state index contributed by atoms with van der Waals surface area (Å²) in [5, 5.41) is 4.88. The van der Waals surface area contributed by atoms with Crippen molar-refractivity contribution in [2.24, 2.45) is 4.99 Å². The van der Waals surface area contributed by atoms with Crippen LogP contribution in [0.2, 0.25) is 0 Å². The van der Waals surface area contributed by atoms with E-state index in [2.05, 4.69) is 0 Å². The minimum atomic E-state index is -0.700. The van der Waals surface area contributed by atoms with Crippen LogP contribution in [-0.4, -0.2) is 34.0 Å². The van der Waals surface area contributed by atoms with Crippen molar-refractivity contribution in [1.82, 2.24) is 14.3 Å². The fourth-order valence-corrected chi connectivity index (χ4v) is 6.10. The van der Waals surface area contributed by atoms with Crippen LogP contribution in [0.25, 0.3) is 23.0 Å². The van der Waals surface area contributed by atoms with E-state index in [1.54, 1.807) is 25.5 Å². The van der Waals surface area contributed by atoms with Crippen molar-refractivity contribution in [1.29, 1.82) is 0 Å². The number of carbonyl (C=O) groups excluding carboxylic acids is 1. The molecule has 3 aromatic carbocycles. The van der Waals surface area contributed by atoms with E-state index in [0.29, 0.717) is 26.4 Å². The highest BCUT2D eigenvalue weighted by Crippen LogP contribution is 2.32. The average molecular weight is 577 g/mol. The van der Waals surface area contributed by atoms with Gasteiger partial charge in [-0.3, -0.25) is 9.36 Å². The van der Waals surface area contributed by atoms with E-state index in [9.17, 15) is 9.59 Å². The van der Waals surface area contributed by atoms with Crippen LogP contribution in [0.3, 0.4) is 0 Å². The number of hydrogen-bond donors (Lipinski definition) is 0. The SMILES string of the molecule is CCOC(=O)C1=C(C)N=c2s/c(=C\c3cn(-c4ccccc4)nc3-c3ccccc3)c(=O)n2[C@H]1c1ccc(OC)cc1. The number of thiazole rings is 1. The van der Waals surface area contributed by atoms with Crippen LogP contribution in [0.4, 0.5) is 0 Å². The van der Waals surface area contributed by atoms with Crippen molar-refractivity contribution in [3.63, 3.8) is 0 Å². The molecule has 210 valence electrons. The van der Waals surface area contributed by atoms with Crippen molar-refractivity contribution < 1.29 is 14.3 Å². The molecule has 1 atom stereocenters. The van der Waals surface area contributed by atoms with Gasteiger partial charge in [0.05, 0.1) is 46.9 Å². The number of nitrogens with zero attached hydrogens (tertiary/aromatic N) is 4. The summed E-state index contributed by atoms with van der Waals surface area (Å²) in [5.41, 5.74) is 4.74. The normalized spacial score (nSPS) is 14.8. The number of carbonyl (C=O) groups is 1. The smallest absolute Gasteiger partial charge is 0.338 e. The van der Waals surface area contributed by atoms with Crippen LogP contribution in [0.5, 0.6) is 5.75 Å². The first kappa shape index (κ1) is 27.2. The van der Waals surface area contributed by atoms with Gasteiger partial charge < -0.3 is 9.47 Å². The number of esters is 1. The summed E-state index contributed by atoms with van der Waals surface area (Å²) in [7, 11) is 1.59. The molecule has 0 aliphatic carbocycles. The van der Waals surface area contributed by atoms with Gasteiger partial charge in [-0.2, -0.15) is 5.10 Å². The summed E-state index contributed by atoms with van der Waals surface area (Å²) in [6.45, 7) is 3.74. The predicted octanol–water partition coefficient (Wildman–Crippen LogP) is 4.66. The Morgan fingerprint density at radius 1 is 1.00 bits per heavy atom. The quantitative estimate of drug-likeness (QED) is 0.263. The van der Waals surface area contributed by atoms with Gasteiger partial charge in [-0.1, -0.05) is 72.0 Å². The van der Waals surface area contributed by atoms with Crippen LogP contribution < -0.4 is 19.6 Å². The number of fused-ring (bicyclic) bond motifs is 1. The molecule has 0 saturated heterocycles. The fraction of sp³-hybridized carbons (Fsp3) is 0.152. The Kier molecular flexibility index (Phi) is 7.41. The highest BCUT2D eigenvalue weighted by Gasteiger charge is 2.33.